The average molecular weight is 582 g/mol. The van der Waals surface area contributed by atoms with Gasteiger partial charge in [0.1, 0.15) is 23.1 Å². The first kappa shape index (κ1) is 26.6. The van der Waals surface area contributed by atoms with Crippen molar-refractivity contribution in [1.29, 1.82) is 0 Å². The number of carbonyl (C=O) groups is 4. The highest BCUT2D eigenvalue weighted by atomic mass is 35.5. The highest BCUT2D eigenvalue weighted by molar-refractivity contribution is 7.46. The van der Waals surface area contributed by atoms with E-state index in [1.165, 1.54) is 39.8 Å². The Labute approximate surface area is 227 Å². The summed E-state index contributed by atoms with van der Waals surface area (Å²) in [6, 6.07) is 4.05. The number of likely N-dealkylation sites (tertiary alicyclic amines) is 1. The molecule has 6 rings (SSSR count). The molecule has 11 nitrogen and oxygen atoms in total. The zero-order chi connectivity index (χ0) is 28.0. The van der Waals surface area contributed by atoms with E-state index in [1.807, 2.05) is 0 Å². The first-order chi connectivity index (χ1) is 18.3. The lowest BCUT2D eigenvalue weighted by atomic mass is 9.81. The highest BCUT2D eigenvalue weighted by Crippen LogP contribution is 2.65. The lowest BCUT2D eigenvalue weighted by Crippen LogP contribution is -2.61. The van der Waals surface area contributed by atoms with Crippen LogP contribution in [-0.4, -0.2) is 72.8 Å². The number of nitrogens with zero attached hydrogens (tertiary/aromatic N) is 3. The van der Waals surface area contributed by atoms with Crippen molar-refractivity contribution in [1.82, 2.24) is 14.7 Å². The zero-order valence-electron chi connectivity index (χ0n) is 20.9. The molecule has 5 atom stereocenters. The monoisotopic (exact) mass is 581 g/mol. The third-order valence-corrected chi connectivity index (χ3v) is 9.50. The fourth-order valence-electron chi connectivity index (χ4n) is 6.98. The number of phosphoric ester groups is 1. The molecule has 5 aliphatic rings. The number of halogens is 2. The molecule has 4 fully saturated rings. The fourth-order valence-corrected chi connectivity index (χ4v) is 7.72. The van der Waals surface area contributed by atoms with E-state index < -0.39 is 54.8 Å². The lowest BCUT2D eigenvalue weighted by molar-refractivity contribution is -0.158. The van der Waals surface area contributed by atoms with E-state index in [9.17, 15) is 37.9 Å². The lowest BCUT2D eigenvalue weighted by Gasteiger charge is -2.45. The van der Waals surface area contributed by atoms with Gasteiger partial charge in [-0.2, -0.15) is 0 Å². The smallest absolute Gasteiger partial charge is 0.337 e. The van der Waals surface area contributed by atoms with Gasteiger partial charge in [0.2, 0.25) is 11.7 Å². The first-order valence-corrected chi connectivity index (χ1v) is 14.6. The van der Waals surface area contributed by atoms with Crippen molar-refractivity contribution >= 4 is 42.9 Å². The molecule has 1 aromatic carbocycles. The Morgan fingerprint density at radius 3 is 2.59 bits per heavy atom. The Balaban J connectivity index is 1.36. The summed E-state index contributed by atoms with van der Waals surface area (Å²) in [5.74, 6) is -4.83. The molecule has 1 aromatic rings. The number of hydrogen-bond acceptors (Lipinski definition) is 6. The van der Waals surface area contributed by atoms with Crippen molar-refractivity contribution < 1.29 is 42.4 Å². The highest BCUT2D eigenvalue weighted by Gasteiger charge is 2.72. The molecule has 2 aliphatic carbocycles. The number of rotatable bonds is 6. The van der Waals surface area contributed by atoms with Crippen LogP contribution in [0.1, 0.15) is 38.2 Å². The largest absolute Gasteiger partial charge is 0.469 e. The quantitative estimate of drug-likeness (QED) is 0.295. The molecule has 2 saturated carbocycles. The van der Waals surface area contributed by atoms with E-state index in [2.05, 4.69) is 0 Å². The van der Waals surface area contributed by atoms with E-state index in [0.717, 1.165) is 12.8 Å². The SMILES string of the molecule is C[C@@H](CN1C(=O)C2=C3CCN(Cc4ccc(F)c(Cl)c4)C(=O)C3C(=O)C(=O)N2[C@@]12CC[C@H]1C[C@H]12)OP(=O)(O)O. The molecule has 0 radical (unpaired) electrons. The maximum Gasteiger partial charge on any atom is 0.469 e. The zero-order valence-corrected chi connectivity index (χ0v) is 22.5. The van der Waals surface area contributed by atoms with Gasteiger partial charge in [-0.25, -0.2) is 8.96 Å². The number of carbonyl (C=O) groups excluding carboxylic acids is 4. The number of piperidine rings is 1. The van der Waals surface area contributed by atoms with Crippen molar-refractivity contribution in [3.63, 3.8) is 0 Å². The third-order valence-electron chi connectivity index (χ3n) is 8.58. The number of fused-ring (bicyclic) bond motifs is 5. The standard InChI is InChI=1S/C25H26ClFN3O8P/c1-12(38-39(35,36)37)10-29-23(33)20-15-5-7-28(11-13-2-3-18(27)17(26)8-13)22(32)19(15)21(31)24(34)30(20)25(29)6-4-14-9-16(14)25/h2-3,8,12,14,16,19H,4-7,9-11H2,1H3,(H2,35,36,37)/t12-,14-,16+,19?,25+/m0/s1. The first-order valence-electron chi connectivity index (χ1n) is 12.7. The molecule has 208 valence electrons. The summed E-state index contributed by atoms with van der Waals surface area (Å²) < 4.78 is 29.8. The Kier molecular flexibility index (Phi) is 6.09. The van der Waals surface area contributed by atoms with Crippen molar-refractivity contribution in [2.24, 2.45) is 17.8 Å². The van der Waals surface area contributed by atoms with Gasteiger partial charge in [-0.05, 0) is 61.8 Å². The topological polar surface area (TPSA) is 145 Å². The van der Waals surface area contributed by atoms with Crippen LogP contribution in [0.4, 0.5) is 4.39 Å². The number of phosphoric acid groups is 1. The van der Waals surface area contributed by atoms with Gasteiger partial charge >= 0.3 is 7.82 Å². The second-order valence-corrected chi connectivity index (χ2v) is 12.5. The molecule has 14 heteroatoms. The van der Waals surface area contributed by atoms with E-state index in [4.69, 9.17) is 16.1 Å². The summed E-state index contributed by atoms with van der Waals surface area (Å²) in [4.78, 5) is 77.3. The maximum absolute atomic E-state index is 14.0. The van der Waals surface area contributed by atoms with Crippen LogP contribution in [-0.2, 0) is 34.8 Å². The Morgan fingerprint density at radius 1 is 1.23 bits per heavy atom. The van der Waals surface area contributed by atoms with Crippen molar-refractivity contribution in [2.75, 3.05) is 13.1 Å². The Bertz CT molecular complexity index is 1410. The van der Waals surface area contributed by atoms with Crippen LogP contribution < -0.4 is 0 Å². The summed E-state index contributed by atoms with van der Waals surface area (Å²) in [5, 5.41) is -0.104. The van der Waals surface area contributed by atoms with Crippen LogP contribution in [0.15, 0.2) is 29.5 Å². The van der Waals surface area contributed by atoms with Gasteiger partial charge in [0.15, 0.2) is 0 Å². The molecule has 3 heterocycles. The van der Waals surface area contributed by atoms with Gasteiger partial charge in [0.25, 0.3) is 11.8 Å². The van der Waals surface area contributed by atoms with Crippen molar-refractivity contribution in [2.45, 2.75) is 50.9 Å². The van der Waals surface area contributed by atoms with Crippen LogP contribution in [0.2, 0.25) is 5.02 Å². The molecule has 1 unspecified atom stereocenters. The van der Waals surface area contributed by atoms with Gasteiger partial charge < -0.3 is 19.6 Å². The van der Waals surface area contributed by atoms with Crippen LogP contribution >= 0.6 is 19.4 Å². The molecule has 2 saturated heterocycles. The number of hydrogen-bond donors (Lipinski definition) is 2. The molecular weight excluding hydrogens is 556 g/mol. The fraction of sp³-hybridized carbons (Fsp3) is 0.520. The second kappa shape index (κ2) is 8.94. The molecular formula is C25H26ClFN3O8P. The molecule has 0 aromatic heterocycles. The summed E-state index contributed by atoms with van der Waals surface area (Å²) in [6.07, 6.45) is 1.04. The minimum Gasteiger partial charge on any atom is -0.337 e. The molecule has 39 heavy (non-hydrogen) atoms. The molecule has 3 aliphatic heterocycles. The third kappa shape index (κ3) is 4.07. The summed E-state index contributed by atoms with van der Waals surface area (Å²) in [5.41, 5.74) is -0.260. The number of ketones is 1. The second-order valence-electron chi connectivity index (χ2n) is 10.9. The van der Waals surface area contributed by atoms with E-state index in [1.54, 1.807) is 0 Å². The number of Topliss-reactive ketones (excluding diaryl/α,β-unsaturated/α-hetero) is 1. The van der Waals surface area contributed by atoms with Gasteiger partial charge in [-0.1, -0.05) is 17.7 Å². The van der Waals surface area contributed by atoms with Crippen LogP contribution in [0.5, 0.6) is 0 Å². The normalized spacial score (nSPS) is 30.8. The predicted octanol–water partition coefficient (Wildman–Crippen LogP) is 1.96. The van der Waals surface area contributed by atoms with Gasteiger partial charge in [0.05, 0.1) is 11.1 Å². The van der Waals surface area contributed by atoms with Crippen molar-refractivity contribution in [3.8, 4) is 0 Å². The predicted molar refractivity (Wildman–Crippen MR) is 132 cm³/mol. The maximum atomic E-state index is 14.0. The number of amides is 3. The minimum atomic E-state index is -4.84. The summed E-state index contributed by atoms with van der Waals surface area (Å²) >= 11 is 5.87. The summed E-state index contributed by atoms with van der Waals surface area (Å²) in [6.45, 7) is 1.45. The van der Waals surface area contributed by atoms with E-state index in [0.29, 0.717) is 12.0 Å². The number of benzene rings is 1. The molecule has 3 amide bonds. The summed E-state index contributed by atoms with van der Waals surface area (Å²) in [7, 11) is -4.84. The van der Waals surface area contributed by atoms with Gasteiger partial charge in [-0.3, -0.25) is 28.6 Å². The Hall–Kier alpha value is -2.63. The van der Waals surface area contributed by atoms with Gasteiger partial charge in [0, 0.05) is 25.6 Å². The average Bonchev–Trinajstić information content (AvgIpc) is 3.49. The molecule has 1 spiro atoms. The molecule has 0 bridgehead atoms. The van der Waals surface area contributed by atoms with Crippen LogP contribution in [0, 0.1) is 23.6 Å². The Morgan fingerprint density at radius 2 is 1.97 bits per heavy atom. The van der Waals surface area contributed by atoms with Crippen molar-refractivity contribution in [3.05, 3.63) is 45.9 Å². The van der Waals surface area contributed by atoms with E-state index >= 15 is 0 Å². The minimum absolute atomic E-state index is 0.0263. The van der Waals surface area contributed by atoms with Crippen LogP contribution in [0.25, 0.3) is 0 Å². The molecule has 2 N–H and O–H groups in total. The van der Waals surface area contributed by atoms with E-state index in [-0.39, 0.29) is 54.2 Å². The van der Waals surface area contributed by atoms with Crippen LogP contribution in [0.3, 0.4) is 0 Å². The van der Waals surface area contributed by atoms with Gasteiger partial charge in [-0.15, -0.1) is 0 Å².